The summed E-state index contributed by atoms with van der Waals surface area (Å²) >= 11 is 0. The van der Waals surface area contributed by atoms with E-state index in [4.69, 9.17) is 9.47 Å². The minimum atomic E-state index is -0.555. The molecule has 112 valence electrons. The number of Topliss-reactive ketones (excluding diaryl/α,β-unsaturated/α-hetero) is 1. The third kappa shape index (κ3) is 4.59. The summed E-state index contributed by atoms with van der Waals surface area (Å²) in [6.07, 6.45) is 2.91. The van der Waals surface area contributed by atoms with Crippen LogP contribution in [0.25, 0.3) is 6.08 Å². The maximum atomic E-state index is 11.8. The average Bonchev–Trinajstić information content (AvgIpc) is 2.59. The predicted octanol–water partition coefficient (Wildman–Crippen LogP) is 3.13. The number of methoxy groups -OCH3 is 1. The van der Waals surface area contributed by atoms with E-state index in [1.165, 1.54) is 6.08 Å². The van der Waals surface area contributed by atoms with Crippen molar-refractivity contribution in [2.24, 2.45) is 0 Å². The molecule has 0 radical (unpaired) electrons. The summed E-state index contributed by atoms with van der Waals surface area (Å²) in [5, 5.41) is 0. The second-order valence-electron chi connectivity index (χ2n) is 4.50. The molecule has 0 spiro atoms. The van der Waals surface area contributed by atoms with Gasteiger partial charge in [-0.2, -0.15) is 0 Å². The highest BCUT2D eigenvalue weighted by Crippen LogP contribution is 2.12. The van der Waals surface area contributed by atoms with Gasteiger partial charge in [0.15, 0.2) is 12.4 Å². The number of ether oxygens (including phenoxy) is 2. The van der Waals surface area contributed by atoms with Gasteiger partial charge >= 0.3 is 5.97 Å². The fraction of sp³-hybridized carbons (Fsp3) is 0.111. The number of benzene rings is 2. The molecule has 2 rings (SSSR count). The van der Waals surface area contributed by atoms with Crippen molar-refractivity contribution in [1.82, 2.24) is 0 Å². The SMILES string of the molecule is COc1ccc(/C=C/C(=O)OCC(=O)c2ccccc2)cc1. The van der Waals surface area contributed by atoms with E-state index in [1.807, 2.05) is 18.2 Å². The van der Waals surface area contributed by atoms with Crippen LogP contribution in [-0.4, -0.2) is 25.5 Å². The molecule has 0 atom stereocenters. The van der Waals surface area contributed by atoms with E-state index in [1.54, 1.807) is 49.6 Å². The van der Waals surface area contributed by atoms with Crippen LogP contribution in [0.3, 0.4) is 0 Å². The van der Waals surface area contributed by atoms with Crippen molar-refractivity contribution in [2.75, 3.05) is 13.7 Å². The Morgan fingerprint density at radius 2 is 1.68 bits per heavy atom. The Kier molecular flexibility index (Phi) is 5.49. The van der Waals surface area contributed by atoms with E-state index in [9.17, 15) is 9.59 Å². The first-order valence-corrected chi connectivity index (χ1v) is 6.76. The van der Waals surface area contributed by atoms with Gasteiger partial charge in [-0.3, -0.25) is 4.79 Å². The molecule has 0 amide bonds. The van der Waals surface area contributed by atoms with Crippen LogP contribution < -0.4 is 4.74 Å². The van der Waals surface area contributed by atoms with Crippen molar-refractivity contribution in [2.45, 2.75) is 0 Å². The molecule has 4 nitrogen and oxygen atoms in total. The number of esters is 1. The minimum absolute atomic E-state index is 0.230. The Bertz CT molecular complexity index is 657. The molecule has 0 unspecified atom stereocenters. The molecule has 0 aromatic heterocycles. The van der Waals surface area contributed by atoms with Crippen LogP contribution in [0.15, 0.2) is 60.7 Å². The fourth-order valence-electron chi connectivity index (χ4n) is 1.77. The number of ketones is 1. The Hall–Kier alpha value is -2.88. The lowest BCUT2D eigenvalue weighted by Gasteiger charge is -2.02. The van der Waals surface area contributed by atoms with Crippen LogP contribution in [0.2, 0.25) is 0 Å². The fourth-order valence-corrected chi connectivity index (χ4v) is 1.77. The summed E-state index contributed by atoms with van der Waals surface area (Å²) in [7, 11) is 1.59. The molecular weight excluding hydrogens is 280 g/mol. The van der Waals surface area contributed by atoms with Gasteiger partial charge in [-0.15, -0.1) is 0 Å². The normalized spacial score (nSPS) is 10.4. The molecule has 0 heterocycles. The van der Waals surface area contributed by atoms with Crippen molar-refractivity contribution < 1.29 is 19.1 Å². The molecule has 4 heteroatoms. The van der Waals surface area contributed by atoms with Crippen LogP contribution >= 0.6 is 0 Å². The Morgan fingerprint density at radius 3 is 2.32 bits per heavy atom. The molecule has 0 aliphatic carbocycles. The first-order chi connectivity index (χ1) is 10.7. The van der Waals surface area contributed by atoms with Gasteiger partial charge in [-0.1, -0.05) is 42.5 Å². The highest BCUT2D eigenvalue weighted by Gasteiger charge is 2.07. The van der Waals surface area contributed by atoms with Crippen molar-refractivity contribution in [3.8, 4) is 5.75 Å². The second kappa shape index (κ2) is 7.78. The number of hydrogen-bond acceptors (Lipinski definition) is 4. The monoisotopic (exact) mass is 296 g/mol. The zero-order valence-corrected chi connectivity index (χ0v) is 12.2. The third-order valence-electron chi connectivity index (χ3n) is 2.97. The lowest BCUT2D eigenvalue weighted by Crippen LogP contribution is -2.12. The van der Waals surface area contributed by atoms with Gasteiger partial charge in [-0.25, -0.2) is 4.79 Å². The summed E-state index contributed by atoms with van der Waals surface area (Å²) in [5.74, 6) is -0.0416. The van der Waals surface area contributed by atoms with Crippen LogP contribution in [-0.2, 0) is 9.53 Å². The van der Waals surface area contributed by atoms with Crippen LogP contribution in [0.4, 0.5) is 0 Å². The molecule has 0 aliphatic rings. The van der Waals surface area contributed by atoms with Crippen molar-refractivity contribution in [3.63, 3.8) is 0 Å². The van der Waals surface area contributed by atoms with Crippen molar-refractivity contribution in [1.29, 1.82) is 0 Å². The molecule has 22 heavy (non-hydrogen) atoms. The standard InChI is InChI=1S/C18H16O4/c1-21-16-10-7-14(8-11-16)9-12-18(20)22-13-17(19)15-5-3-2-4-6-15/h2-12H,13H2,1H3/b12-9+. The number of carbonyl (C=O) groups excluding carboxylic acids is 2. The first-order valence-electron chi connectivity index (χ1n) is 6.76. The van der Waals surface area contributed by atoms with E-state index < -0.39 is 5.97 Å². The third-order valence-corrected chi connectivity index (χ3v) is 2.97. The molecule has 0 N–H and O–H groups in total. The van der Waals surface area contributed by atoms with E-state index in [0.717, 1.165) is 11.3 Å². The minimum Gasteiger partial charge on any atom is -0.497 e. The molecule has 0 aliphatic heterocycles. The molecule has 2 aromatic carbocycles. The Labute approximate surface area is 129 Å². The van der Waals surface area contributed by atoms with Gasteiger partial charge in [0.1, 0.15) is 5.75 Å². The van der Waals surface area contributed by atoms with Gasteiger partial charge < -0.3 is 9.47 Å². The summed E-state index contributed by atoms with van der Waals surface area (Å²) < 4.78 is 9.97. The Balaban J connectivity index is 1.84. The van der Waals surface area contributed by atoms with Crippen molar-refractivity contribution >= 4 is 17.8 Å². The van der Waals surface area contributed by atoms with Crippen LogP contribution in [0.5, 0.6) is 5.75 Å². The Morgan fingerprint density at radius 1 is 1.00 bits per heavy atom. The summed E-state index contributed by atoms with van der Waals surface area (Å²) in [4.78, 5) is 23.4. The zero-order chi connectivity index (χ0) is 15.8. The summed E-state index contributed by atoms with van der Waals surface area (Å²) in [5.41, 5.74) is 1.36. The summed E-state index contributed by atoms with van der Waals surface area (Å²) in [6.45, 7) is -0.268. The van der Waals surface area contributed by atoms with Crippen LogP contribution in [0.1, 0.15) is 15.9 Å². The highest BCUT2D eigenvalue weighted by atomic mass is 16.5. The molecule has 2 aromatic rings. The molecule has 0 saturated carbocycles. The van der Waals surface area contributed by atoms with E-state index in [-0.39, 0.29) is 12.4 Å². The highest BCUT2D eigenvalue weighted by molar-refractivity contribution is 5.98. The van der Waals surface area contributed by atoms with Gasteiger partial charge in [0.05, 0.1) is 7.11 Å². The average molecular weight is 296 g/mol. The smallest absolute Gasteiger partial charge is 0.331 e. The largest absolute Gasteiger partial charge is 0.497 e. The number of rotatable bonds is 6. The van der Waals surface area contributed by atoms with Gasteiger partial charge in [0.25, 0.3) is 0 Å². The molecule has 0 bridgehead atoms. The van der Waals surface area contributed by atoms with E-state index in [2.05, 4.69) is 0 Å². The predicted molar refractivity (Wildman–Crippen MR) is 83.8 cm³/mol. The van der Waals surface area contributed by atoms with E-state index in [0.29, 0.717) is 5.56 Å². The number of carbonyl (C=O) groups is 2. The lowest BCUT2D eigenvalue weighted by atomic mass is 10.1. The van der Waals surface area contributed by atoms with Crippen LogP contribution in [0, 0.1) is 0 Å². The van der Waals surface area contributed by atoms with Gasteiger partial charge in [-0.05, 0) is 23.8 Å². The molecular formula is C18H16O4. The maximum absolute atomic E-state index is 11.8. The first kappa shape index (κ1) is 15.5. The van der Waals surface area contributed by atoms with E-state index >= 15 is 0 Å². The topological polar surface area (TPSA) is 52.6 Å². The van der Waals surface area contributed by atoms with Crippen molar-refractivity contribution in [3.05, 3.63) is 71.8 Å². The maximum Gasteiger partial charge on any atom is 0.331 e. The second-order valence-corrected chi connectivity index (χ2v) is 4.50. The molecule has 0 fully saturated rings. The molecule has 0 saturated heterocycles. The summed E-state index contributed by atoms with van der Waals surface area (Å²) in [6, 6.07) is 15.9. The quantitative estimate of drug-likeness (QED) is 0.467. The lowest BCUT2D eigenvalue weighted by molar-refractivity contribution is -0.136. The van der Waals surface area contributed by atoms with Gasteiger partial charge in [0, 0.05) is 11.6 Å². The number of hydrogen-bond donors (Lipinski definition) is 0. The van der Waals surface area contributed by atoms with Gasteiger partial charge in [0.2, 0.25) is 0 Å². The zero-order valence-electron chi connectivity index (χ0n) is 12.2.